The Hall–Kier alpha value is -0.640. The van der Waals surface area contributed by atoms with E-state index in [0.717, 1.165) is 5.57 Å². The van der Waals surface area contributed by atoms with Crippen LogP contribution in [0.3, 0.4) is 0 Å². The molecule has 0 aromatic rings. The van der Waals surface area contributed by atoms with Crippen LogP contribution in [0.5, 0.6) is 0 Å². The van der Waals surface area contributed by atoms with Crippen molar-refractivity contribution in [3.63, 3.8) is 0 Å². The maximum Gasteiger partial charge on any atom is 0.164 e. The Labute approximate surface area is 77.7 Å². The van der Waals surface area contributed by atoms with Crippen molar-refractivity contribution in [2.24, 2.45) is 0 Å². The molecule has 1 N–H and O–H groups in total. The average Bonchev–Trinajstić information content (AvgIpc) is 2.47. The molecule has 2 aliphatic rings. The molecule has 1 fully saturated rings. The number of ether oxygens (including phenoxy) is 2. The minimum Gasteiger partial charge on any atom is -0.386 e. The maximum atomic E-state index is 9.75. The number of rotatable bonds is 1. The second-order valence-electron chi connectivity index (χ2n) is 3.88. The molecule has 1 aliphatic carbocycles. The molecular formula is C10H14O3. The van der Waals surface area contributed by atoms with E-state index in [1.165, 1.54) is 0 Å². The van der Waals surface area contributed by atoms with E-state index < -0.39 is 11.9 Å². The van der Waals surface area contributed by atoms with Gasteiger partial charge in [-0.3, -0.25) is 0 Å². The highest BCUT2D eigenvalue weighted by Crippen LogP contribution is 2.37. The number of hydrogen-bond acceptors (Lipinski definition) is 3. The molecule has 0 amide bonds. The third-order valence-corrected chi connectivity index (χ3v) is 2.41. The summed E-state index contributed by atoms with van der Waals surface area (Å²) in [6.45, 7) is 7.31. The summed E-state index contributed by atoms with van der Waals surface area (Å²) in [5.74, 6) is -0.584. The first-order valence-corrected chi connectivity index (χ1v) is 4.41. The van der Waals surface area contributed by atoms with Crippen LogP contribution in [0.4, 0.5) is 0 Å². The van der Waals surface area contributed by atoms with Gasteiger partial charge in [0, 0.05) is 0 Å². The van der Waals surface area contributed by atoms with Crippen molar-refractivity contribution < 1.29 is 14.6 Å². The van der Waals surface area contributed by atoms with Gasteiger partial charge in [-0.15, -0.1) is 0 Å². The predicted molar refractivity (Wildman–Crippen MR) is 48.1 cm³/mol. The molecule has 0 unspecified atom stereocenters. The van der Waals surface area contributed by atoms with Crippen LogP contribution in [-0.4, -0.2) is 29.2 Å². The summed E-state index contributed by atoms with van der Waals surface area (Å²) in [6, 6.07) is 0. The number of aliphatic hydroxyl groups is 1. The molecule has 0 aromatic heterocycles. The molecule has 72 valence electrons. The minimum atomic E-state index is -0.593. The zero-order valence-electron chi connectivity index (χ0n) is 7.86. The SMILES string of the molecule is C=CC1=C[C@H]2OC(C)(C)O[C@H]2[C@@H]1O. The van der Waals surface area contributed by atoms with Gasteiger partial charge in [0.05, 0.1) is 0 Å². The minimum absolute atomic E-state index is 0.127. The van der Waals surface area contributed by atoms with Crippen molar-refractivity contribution >= 4 is 0 Å². The van der Waals surface area contributed by atoms with Gasteiger partial charge in [0.1, 0.15) is 18.3 Å². The lowest BCUT2D eigenvalue weighted by Gasteiger charge is -2.19. The Morgan fingerprint density at radius 1 is 1.54 bits per heavy atom. The molecule has 0 bridgehead atoms. The monoisotopic (exact) mass is 182 g/mol. The molecule has 3 atom stereocenters. The van der Waals surface area contributed by atoms with E-state index in [1.807, 2.05) is 19.9 Å². The van der Waals surface area contributed by atoms with Crippen LogP contribution < -0.4 is 0 Å². The summed E-state index contributed by atoms with van der Waals surface area (Å²) in [6.07, 6.45) is 2.53. The van der Waals surface area contributed by atoms with Crippen LogP contribution in [0.15, 0.2) is 24.3 Å². The van der Waals surface area contributed by atoms with Crippen molar-refractivity contribution in [3.05, 3.63) is 24.3 Å². The molecule has 0 spiro atoms. The first-order valence-electron chi connectivity index (χ1n) is 4.41. The van der Waals surface area contributed by atoms with E-state index in [4.69, 9.17) is 9.47 Å². The summed E-state index contributed by atoms with van der Waals surface area (Å²) in [4.78, 5) is 0. The molecule has 1 saturated heterocycles. The Bertz CT molecular complexity index is 267. The maximum absolute atomic E-state index is 9.75. The summed E-state index contributed by atoms with van der Waals surface area (Å²) in [5, 5.41) is 9.75. The van der Waals surface area contributed by atoms with Crippen molar-refractivity contribution in [3.8, 4) is 0 Å². The first kappa shape index (κ1) is 8.94. The molecule has 2 rings (SSSR count). The number of hydrogen-bond donors (Lipinski definition) is 1. The van der Waals surface area contributed by atoms with Gasteiger partial charge >= 0.3 is 0 Å². The lowest BCUT2D eigenvalue weighted by atomic mass is 10.1. The van der Waals surface area contributed by atoms with Crippen LogP contribution in [0.2, 0.25) is 0 Å². The van der Waals surface area contributed by atoms with E-state index in [2.05, 4.69) is 6.58 Å². The Kier molecular flexibility index (Phi) is 1.84. The van der Waals surface area contributed by atoms with Gasteiger partial charge in [-0.2, -0.15) is 0 Å². The Balaban J connectivity index is 2.21. The van der Waals surface area contributed by atoms with E-state index in [0.29, 0.717) is 0 Å². The summed E-state index contributed by atoms with van der Waals surface area (Å²) < 4.78 is 11.1. The predicted octanol–water partition coefficient (Wildman–Crippen LogP) is 0.993. The fourth-order valence-electron chi connectivity index (χ4n) is 1.86. The second-order valence-corrected chi connectivity index (χ2v) is 3.88. The van der Waals surface area contributed by atoms with E-state index in [1.54, 1.807) is 6.08 Å². The summed E-state index contributed by atoms with van der Waals surface area (Å²) in [5.41, 5.74) is 0.797. The smallest absolute Gasteiger partial charge is 0.164 e. The molecule has 0 saturated carbocycles. The van der Waals surface area contributed by atoms with Gasteiger partial charge in [-0.05, 0) is 25.5 Å². The van der Waals surface area contributed by atoms with E-state index in [-0.39, 0.29) is 12.2 Å². The zero-order chi connectivity index (χ0) is 9.64. The van der Waals surface area contributed by atoms with Gasteiger partial charge in [0.15, 0.2) is 5.79 Å². The molecule has 1 aliphatic heterocycles. The van der Waals surface area contributed by atoms with Gasteiger partial charge in [-0.25, -0.2) is 0 Å². The molecule has 3 nitrogen and oxygen atoms in total. The number of fused-ring (bicyclic) bond motifs is 1. The van der Waals surface area contributed by atoms with Gasteiger partial charge < -0.3 is 14.6 Å². The van der Waals surface area contributed by atoms with Crippen molar-refractivity contribution in [2.45, 2.75) is 37.9 Å². The number of aliphatic hydroxyl groups excluding tert-OH is 1. The molecular weight excluding hydrogens is 168 g/mol. The topological polar surface area (TPSA) is 38.7 Å². The summed E-state index contributed by atoms with van der Waals surface area (Å²) in [7, 11) is 0. The third kappa shape index (κ3) is 1.33. The molecule has 0 aromatic carbocycles. The van der Waals surface area contributed by atoms with Crippen LogP contribution in [-0.2, 0) is 9.47 Å². The highest BCUT2D eigenvalue weighted by Gasteiger charge is 2.48. The highest BCUT2D eigenvalue weighted by molar-refractivity contribution is 5.31. The standard InChI is InChI=1S/C10H14O3/c1-4-6-5-7-9(8(6)11)13-10(2,3)12-7/h4-5,7-9,11H,1H2,2-3H3/t7-,8-,9-/m1/s1. The quantitative estimate of drug-likeness (QED) is 0.657. The van der Waals surface area contributed by atoms with E-state index in [9.17, 15) is 5.11 Å². The van der Waals surface area contributed by atoms with Gasteiger partial charge in [0.25, 0.3) is 0 Å². The van der Waals surface area contributed by atoms with Crippen molar-refractivity contribution in [1.82, 2.24) is 0 Å². The lowest BCUT2D eigenvalue weighted by molar-refractivity contribution is -0.152. The fraction of sp³-hybridized carbons (Fsp3) is 0.600. The van der Waals surface area contributed by atoms with Gasteiger partial charge in [0.2, 0.25) is 0 Å². The average molecular weight is 182 g/mol. The Morgan fingerprint density at radius 3 is 2.77 bits per heavy atom. The van der Waals surface area contributed by atoms with Crippen LogP contribution in [0, 0.1) is 0 Å². The zero-order valence-corrected chi connectivity index (χ0v) is 7.86. The van der Waals surface area contributed by atoms with Crippen LogP contribution in [0.25, 0.3) is 0 Å². The van der Waals surface area contributed by atoms with Crippen LogP contribution >= 0.6 is 0 Å². The first-order chi connectivity index (χ1) is 6.03. The van der Waals surface area contributed by atoms with Crippen molar-refractivity contribution in [1.29, 1.82) is 0 Å². The highest BCUT2D eigenvalue weighted by atomic mass is 16.8. The largest absolute Gasteiger partial charge is 0.386 e. The summed E-state index contributed by atoms with van der Waals surface area (Å²) >= 11 is 0. The Morgan fingerprint density at radius 2 is 2.23 bits per heavy atom. The molecule has 1 heterocycles. The van der Waals surface area contributed by atoms with E-state index >= 15 is 0 Å². The fourth-order valence-corrected chi connectivity index (χ4v) is 1.86. The lowest BCUT2D eigenvalue weighted by Crippen LogP contribution is -2.30. The second kappa shape index (κ2) is 2.67. The molecule has 0 radical (unpaired) electrons. The molecule has 3 heteroatoms. The molecule has 13 heavy (non-hydrogen) atoms. The normalized spacial score (nSPS) is 41.5. The van der Waals surface area contributed by atoms with Gasteiger partial charge in [-0.1, -0.05) is 12.7 Å². The third-order valence-electron chi connectivity index (χ3n) is 2.41. The van der Waals surface area contributed by atoms with Crippen LogP contribution in [0.1, 0.15) is 13.8 Å². The van der Waals surface area contributed by atoms with Crippen molar-refractivity contribution in [2.75, 3.05) is 0 Å².